The Morgan fingerprint density at radius 1 is 1.08 bits per heavy atom. The fourth-order valence-electron chi connectivity index (χ4n) is 0.453. The summed E-state index contributed by atoms with van der Waals surface area (Å²) in [6, 6.07) is 0. The van der Waals surface area contributed by atoms with Crippen LogP contribution >= 0.6 is 0 Å². The molecule has 0 aromatic carbocycles. The zero-order valence-electron chi connectivity index (χ0n) is 10.3. The molecule has 1 heteroatoms. The van der Waals surface area contributed by atoms with E-state index >= 15 is 0 Å². The van der Waals surface area contributed by atoms with Crippen molar-refractivity contribution in [2.24, 2.45) is 4.99 Å². The first-order chi connectivity index (χ1) is 6.20. The minimum atomic E-state index is 1.03. The van der Waals surface area contributed by atoms with Crippen LogP contribution in [0, 0.1) is 0 Å². The van der Waals surface area contributed by atoms with Crippen LogP contribution in [0.1, 0.15) is 41.5 Å². The molecular formula is C12H25N. The fourth-order valence-corrected chi connectivity index (χ4v) is 0.453. The zero-order chi connectivity index (χ0) is 11.3. The second-order valence-corrected chi connectivity index (χ2v) is 1.96. The van der Waals surface area contributed by atoms with Gasteiger partial charge in [0.2, 0.25) is 0 Å². The minimum absolute atomic E-state index is 1.03. The third-order valence-corrected chi connectivity index (χ3v) is 1.11. The molecule has 0 aliphatic heterocycles. The molecule has 13 heavy (non-hydrogen) atoms. The fraction of sp³-hybridized carbons (Fsp3) is 0.583. The Hall–Kier alpha value is -0.850. The zero-order valence-corrected chi connectivity index (χ0v) is 10.3. The first-order valence-corrected chi connectivity index (χ1v) is 4.95. The van der Waals surface area contributed by atoms with Gasteiger partial charge in [0, 0.05) is 12.8 Å². The summed E-state index contributed by atoms with van der Waals surface area (Å²) in [7, 11) is 1.78. The first kappa shape index (κ1) is 18.0. The molecule has 0 amide bonds. The first-order valence-electron chi connectivity index (χ1n) is 4.95. The maximum absolute atomic E-state index is 3.97. The van der Waals surface area contributed by atoms with Crippen LogP contribution < -0.4 is 0 Å². The Morgan fingerprint density at radius 3 is 1.69 bits per heavy atom. The molecule has 0 bridgehead atoms. The molecule has 0 saturated heterocycles. The van der Waals surface area contributed by atoms with E-state index in [9.17, 15) is 0 Å². The van der Waals surface area contributed by atoms with Gasteiger partial charge in [0.1, 0.15) is 0 Å². The molecule has 1 nitrogen and oxygen atoms in total. The van der Waals surface area contributed by atoms with Crippen molar-refractivity contribution in [2.75, 3.05) is 7.05 Å². The Kier molecular flexibility index (Phi) is 24.0. The molecule has 0 aromatic heterocycles. The van der Waals surface area contributed by atoms with E-state index in [1.165, 1.54) is 0 Å². The topological polar surface area (TPSA) is 12.4 Å². The van der Waals surface area contributed by atoms with Crippen molar-refractivity contribution in [3.05, 3.63) is 24.3 Å². The lowest BCUT2D eigenvalue weighted by molar-refractivity contribution is 1.42. The van der Waals surface area contributed by atoms with Gasteiger partial charge in [-0.25, -0.2) is 0 Å². The molecule has 0 fully saturated rings. The SMILES string of the molecule is C=C/C(C)=C\C(C)=NC.CC.CC. The van der Waals surface area contributed by atoms with Crippen LogP contribution in [0.15, 0.2) is 29.3 Å². The van der Waals surface area contributed by atoms with Crippen molar-refractivity contribution in [2.45, 2.75) is 41.5 Å². The van der Waals surface area contributed by atoms with E-state index in [0.717, 1.165) is 11.3 Å². The summed E-state index contributed by atoms with van der Waals surface area (Å²) in [6.07, 6.45) is 3.81. The van der Waals surface area contributed by atoms with Crippen molar-refractivity contribution in [3.63, 3.8) is 0 Å². The van der Waals surface area contributed by atoms with Crippen LogP contribution in [0.3, 0.4) is 0 Å². The van der Waals surface area contributed by atoms with Crippen LogP contribution in [-0.4, -0.2) is 12.8 Å². The standard InChI is InChI=1S/C8H13N.2C2H6/c1-5-7(2)6-8(3)9-4;2*1-2/h5-6H,1H2,2-4H3;2*1-2H3/b7-6-,9-8?;;. The summed E-state index contributed by atoms with van der Waals surface area (Å²) in [5.74, 6) is 0. The van der Waals surface area contributed by atoms with Gasteiger partial charge in [0.15, 0.2) is 0 Å². The average Bonchev–Trinajstić information content (AvgIpc) is 2.23. The molecule has 0 aromatic rings. The Labute approximate surface area is 84.3 Å². The second kappa shape index (κ2) is 17.3. The highest BCUT2D eigenvalue weighted by molar-refractivity contribution is 5.93. The van der Waals surface area contributed by atoms with E-state index in [1.807, 2.05) is 53.7 Å². The lowest BCUT2D eigenvalue weighted by Gasteiger charge is -1.89. The van der Waals surface area contributed by atoms with Gasteiger partial charge in [0.05, 0.1) is 0 Å². The Morgan fingerprint density at radius 2 is 1.46 bits per heavy atom. The van der Waals surface area contributed by atoms with Gasteiger partial charge in [0.25, 0.3) is 0 Å². The van der Waals surface area contributed by atoms with Crippen molar-refractivity contribution < 1.29 is 0 Å². The number of hydrogen-bond donors (Lipinski definition) is 0. The van der Waals surface area contributed by atoms with Crippen LogP contribution in [0.2, 0.25) is 0 Å². The lowest BCUT2D eigenvalue weighted by atomic mass is 10.2. The highest BCUT2D eigenvalue weighted by Gasteiger charge is 1.81. The normalized spacial score (nSPS) is 10.4. The Bertz CT molecular complexity index is 153. The largest absolute Gasteiger partial charge is 0.293 e. The number of nitrogens with zero attached hydrogens (tertiary/aromatic N) is 1. The van der Waals surface area contributed by atoms with Crippen LogP contribution in [0.4, 0.5) is 0 Å². The monoisotopic (exact) mass is 183 g/mol. The van der Waals surface area contributed by atoms with E-state index in [4.69, 9.17) is 0 Å². The minimum Gasteiger partial charge on any atom is -0.293 e. The number of rotatable bonds is 2. The van der Waals surface area contributed by atoms with Gasteiger partial charge >= 0.3 is 0 Å². The van der Waals surface area contributed by atoms with E-state index in [-0.39, 0.29) is 0 Å². The van der Waals surface area contributed by atoms with E-state index in [0.29, 0.717) is 0 Å². The van der Waals surface area contributed by atoms with Crippen molar-refractivity contribution in [1.29, 1.82) is 0 Å². The molecule has 0 radical (unpaired) electrons. The lowest BCUT2D eigenvalue weighted by Crippen LogP contribution is -1.83. The van der Waals surface area contributed by atoms with Crippen LogP contribution in [0.5, 0.6) is 0 Å². The number of allylic oxidation sites excluding steroid dienone is 3. The second-order valence-electron chi connectivity index (χ2n) is 1.96. The van der Waals surface area contributed by atoms with Gasteiger partial charge < -0.3 is 0 Å². The smallest absolute Gasteiger partial charge is 0.0316 e. The highest BCUT2D eigenvalue weighted by atomic mass is 14.7. The van der Waals surface area contributed by atoms with E-state index < -0.39 is 0 Å². The molecule has 0 N–H and O–H groups in total. The predicted molar refractivity (Wildman–Crippen MR) is 65.7 cm³/mol. The third kappa shape index (κ3) is 18.3. The van der Waals surface area contributed by atoms with Crippen molar-refractivity contribution in [3.8, 4) is 0 Å². The summed E-state index contributed by atoms with van der Waals surface area (Å²) >= 11 is 0. The molecule has 0 aliphatic carbocycles. The van der Waals surface area contributed by atoms with Gasteiger partial charge in [-0.3, -0.25) is 4.99 Å². The quantitative estimate of drug-likeness (QED) is 0.448. The van der Waals surface area contributed by atoms with Crippen LogP contribution in [0.25, 0.3) is 0 Å². The number of hydrogen-bond acceptors (Lipinski definition) is 1. The summed E-state index contributed by atoms with van der Waals surface area (Å²) < 4.78 is 0. The predicted octanol–water partition coefficient (Wildman–Crippen LogP) is 4.26. The van der Waals surface area contributed by atoms with Gasteiger partial charge in [-0.05, 0) is 25.5 Å². The summed E-state index contributed by atoms with van der Waals surface area (Å²) in [6.45, 7) is 15.6. The van der Waals surface area contributed by atoms with Crippen molar-refractivity contribution >= 4 is 5.71 Å². The summed E-state index contributed by atoms with van der Waals surface area (Å²) in [5, 5.41) is 0. The molecular weight excluding hydrogens is 158 g/mol. The Balaban J connectivity index is -0.000000218. The molecule has 0 heterocycles. The molecule has 0 saturated carbocycles. The summed E-state index contributed by atoms with van der Waals surface area (Å²) in [4.78, 5) is 3.97. The molecule has 0 unspecified atom stereocenters. The number of aliphatic imine (C=N–C) groups is 1. The molecule has 0 aliphatic rings. The summed E-state index contributed by atoms with van der Waals surface area (Å²) in [5.41, 5.74) is 2.19. The maximum Gasteiger partial charge on any atom is 0.0316 e. The highest BCUT2D eigenvalue weighted by Crippen LogP contribution is 1.92. The van der Waals surface area contributed by atoms with Crippen LogP contribution in [-0.2, 0) is 0 Å². The molecule has 0 spiro atoms. The molecule has 0 rings (SSSR count). The average molecular weight is 183 g/mol. The van der Waals surface area contributed by atoms with Gasteiger partial charge in [-0.1, -0.05) is 40.3 Å². The van der Waals surface area contributed by atoms with E-state index in [2.05, 4.69) is 11.6 Å². The van der Waals surface area contributed by atoms with Gasteiger partial charge in [-0.15, -0.1) is 0 Å². The maximum atomic E-state index is 3.97. The molecule has 0 atom stereocenters. The molecule has 78 valence electrons. The van der Waals surface area contributed by atoms with Gasteiger partial charge in [-0.2, -0.15) is 0 Å². The van der Waals surface area contributed by atoms with E-state index in [1.54, 1.807) is 7.05 Å². The van der Waals surface area contributed by atoms with Crippen molar-refractivity contribution in [1.82, 2.24) is 0 Å². The third-order valence-electron chi connectivity index (χ3n) is 1.11.